The van der Waals surface area contributed by atoms with Crippen LogP contribution in [-0.4, -0.2) is 61.5 Å². The first-order valence-electron chi connectivity index (χ1n) is 9.68. The standard InChI is InChI=1S/C20H27F2N3O/c1-23-9-2-7-20(19(23)26)8-12-25(14-20)15-5-10-24(11-6-15)16-3-4-17(21)18(22)13-16/h3-4,13,15H,2,5-12,14H2,1H3/t20-/m0/s1. The molecule has 1 atom stereocenters. The molecule has 4 nitrogen and oxygen atoms in total. The fraction of sp³-hybridized carbons (Fsp3) is 0.650. The third-order valence-electron chi connectivity index (χ3n) is 6.58. The van der Waals surface area contributed by atoms with Gasteiger partial charge in [0.25, 0.3) is 0 Å². The van der Waals surface area contributed by atoms with Crippen molar-refractivity contribution in [3.8, 4) is 0 Å². The van der Waals surface area contributed by atoms with E-state index in [1.165, 1.54) is 12.1 Å². The number of piperidine rings is 2. The molecule has 3 aliphatic rings. The SMILES string of the molecule is CN1CCC[C@@]2(CCN(C3CCN(c4ccc(F)c(F)c4)CC3)C2)C1=O. The summed E-state index contributed by atoms with van der Waals surface area (Å²) in [6.45, 7) is 4.44. The van der Waals surface area contributed by atoms with Gasteiger partial charge in [0.15, 0.2) is 11.6 Å². The number of halogens is 2. The number of hydrogen-bond donors (Lipinski definition) is 0. The van der Waals surface area contributed by atoms with Gasteiger partial charge in [-0.2, -0.15) is 0 Å². The summed E-state index contributed by atoms with van der Waals surface area (Å²) in [6, 6.07) is 4.62. The first-order chi connectivity index (χ1) is 12.5. The highest BCUT2D eigenvalue weighted by Crippen LogP contribution is 2.41. The maximum absolute atomic E-state index is 13.5. The zero-order chi connectivity index (χ0) is 18.3. The van der Waals surface area contributed by atoms with Crippen molar-refractivity contribution in [3.05, 3.63) is 29.8 Å². The number of rotatable bonds is 2. The Labute approximate surface area is 153 Å². The molecule has 0 aromatic heterocycles. The Balaban J connectivity index is 1.37. The first kappa shape index (κ1) is 17.7. The Morgan fingerprint density at radius 2 is 1.81 bits per heavy atom. The van der Waals surface area contributed by atoms with Crippen LogP contribution < -0.4 is 4.90 Å². The molecule has 0 radical (unpaired) electrons. The number of likely N-dealkylation sites (tertiary alicyclic amines) is 2. The second kappa shape index (κ2) is 6.80. The summed E-state index contributed by atoms with van der Waals surface area (Å²) in [6.07, 6.45) is 5.09. The fourth-order valence-corrected chi connectivity index (χ4v) is 5.03. The summed E-state index contributed by atoms with van der Waals surface area (Å²) in [7, 11) is 1.92. The minimum atomic E-state index is -0.798. The predicted molar refractivity (Wildman–Crippen MR) is 97.1 cm³/mol. The number of anilines is 1. The van der Waals surface area contributed by atoms with E-state index in [2.05, 4.69) is 9.80 Å². The van der Waals surface area contributed by atoms with Gasteiger partial charge in [-0.3, -0.25) is 9.69 Å². The smallest absolute Gasteiger partial charge is 0.229 e. The lowest BCUT2D eigenvalue weighted by atomic mass is 9.78. The maximum Gasteiger partial charge on any atom is 0.229 e. The Morgan fingerprint density at radius 3 is 2.54 bits per heavy atom. The minimum absolute atomic E-state index is 0.162. The minimum Gasteiger partial charge on any atom is -0.371 e. The quantitative estimate of drug-likeness (QED) is 0.808. The van der Waals surface area contributed by atoms with Gasteiger partial charge in [0.2, 0.25) is 5.91 Å². The van der Waals surface area contributed by atoms with Crippen LogP contribution in [0.25, 0.3) is 0 Å². The number of amides is 1. The number of benzene rings is 1. The van der Waals surface area contributed by atoms with Gasteiger partial charge in [0.1, 0.15) is 0 Å². The Bertz CT molecular complexity index is 690. The molecule has 0 saturated carbocycles. The second-order valence-corrected chi connectivity index (χ2v) is 8.15. The van der Waals surface area contributed by atoms with E-state index in [9.17, 15) is 13.6 Å². The Hall–Kier alpha value is -1.69. The number of carbonyl (C=O) groups is 1. The largest absolute Gasteiger partial charge is 0.371 e. The van der Waals surface area contributed by atoms with E-state index >= 15 is 0 Å². The highest BCUT2D eigenvalue weighted by Gasteiger charge is 2.48. The third kappa shape index (κ3) is 3.08. The predicted octanol–water partition coefficient (Wildman–Crippen LogP) is 2.88. The molecule has 1 aromatic rings. The lowest BCUT2D eigenvalue weighted by molar-refractivity contribution is -0.144. The van der Waals surface area contributed by atoms with Crippen LogP contribution in [0, 0.1) is 17.0 Å². The molecule has 26 heavy (non-hydrogen) atoms. The van der Waals surface area contributed by atoms with Crippen molar-refractivity contribution in [1.82, 2.24) is 9.80 Å². The second-order valence-electron chi connectivity index (χ2n) is 8.15. The normalized spacial score (nSPS) is 28.3. The summed E-state index contributed by atoms with van der Waals surface area (Å²) < 4.78 is 26.6. The molecule has 1 aromatic carbocycles. The molecule has 142 valence electrons. The zero-order valence-corrected chi connectivity index (χ0v) is 15.4. The van der Waals surface area contributed by atoms with Crippen LogP contribution in [0.2, 0.25) is 0 Å². The van der Waals surface area contributed by atoms with Crippen LogP contribution in [0.4, 0.5) is 14.5 Å². The van der Waals surface area contributed by atoms with Gasteiger partial charge in [0.05, 0.1) is 5.41 Å². The average molecular weight is 363 g/mol. The van der Waals surface area contributed by atoms with Crippen LogP contribution >= 0.6 is 0 Å². The van der Waals surface area contributed by atoms with Gasteiger partial charge in [-0.05, 0) is 50.8 Å². The molecule has 0 aliphatic carbocycles. The number of nitrogens with zero attached hydrogens (tertiary/aromatic N) is 3. The van der Waals surface area contributed by atoms with E-state index in [1.54, 1.807) is 6.07 Å². The number of carbonyl (C=O) groups excluding carboxylic acids is 1. The molecular weight excluding hydrogens is 336 g/mol. The van der Waals surface area contributed by atoms with E-state index in [1.807, 2.05) is 11.9 Å². The number of hydrogen-bond acceptors (Lipinski definition) is 3. The van der Waals surface area contributed by atoms with E-state index in [0.29, 0.717) is 11.9 Å². The van der Waals surface area contributed by atoms with E-state index in [4.69, 9.17) is 0 Å². The van der Waals surface area contributed by atoms with Gasteiger partial charge in [-0.15, -0.1) is 0 Å². The van der Waals surface area contributed by atoms with Crippen molar-refractivity contribution in [2.45, 2.75) is 38.1 Å². The topological polar surface area (TPSA) is 26.8 Å². The molecular formula is C20H27F2N3O. The van der Waals surface area contributed by atoms with Crippen LogP contribution in [0.5, 0.6) is 0 Å². The van der Waals surface area contributed by atoms with Gasteiger partial charge in [-0.25, -0.2) is 8.78 Å². The monoisotopic (exact) mass is 363 g/mol. The van der Waals surface area contributed by atoms with E-state index in [-0.39, 0.29) is 5.41 Å². The summed E-state index contributed by atoms with van der Waals surface area (Å²) in [5.74, 6) is -1.26. The summed E-state index contributed by atoms with van der Waals surface area (Å²) in [5, 5.41) is 0. The summed E-state index contributed by atoms with van der Waals surface area (Å²) in [4.78, 5) is 19.2. The van der Waals surface area contributed by atoms with Crippen molar-refractivity contribution >= 4 is 11.6 Å². The summed E-state index contributed by atoms with van der Waals surface area (Å²) >= 11 is 0. The molecule has 1 amide bonds. The van der Waals surface area contributed by atoms with Crippen LogP contribution in [0.1, 0.15) is 32.1 Å². The first-order valence-corrected chi connectivity index (χ1v) is 9.68. The molecule has 3 saturated heterocycles. The molecule has 0 bridgehead atoms. The lowest BCUT2D eigenvalue weighted by Gasteiger charge is -2.40. The van der Waals surface area contributed by atoms with Gasteiger partial charge >= 0.3 is 0 Å². The van der Waals surface area contributed by atoms with E-state index in [0.717, 1.165) is 70.5 Å². The molecule has 3 aliphatic heterocycles. The van der Waals surface area contributed by atoms with Gasteiger partial charge < -0.3 is 9.80 Å². The zero-order valence-electron chi connectivity index (χ0n) is 15.4. The van der Waals surface area contributed by atoms with Crippen molar-refractivity contribution in [2.24, 2.45) is 5.41 Å². The fourth-order valence-electron chi connectivity index (χ4n) is 5.03. The van der Waals surface area contributed by atoms with Crippen LogP contribution in [-0.2, 0) is 4.79 Å². The van der Waals surface area contributed by atoms with E-state index < -0.39 is 11.6 Å². The molecule has 0 N–H and O–H groups in total. The van der Waals surface area contributed by atoms with Crippen molar-refractivity contribution in [3.63, 3.8) is 0 Å². The molecule has 1 spiro atoms. The van der Waals surface area contributed by atoms with Crippen LogP contribution in [0.15, 0.2) is 18.2 Å². The van der Waals surface area contributed by atoms with Gasteiger partial charge in [-0.1, -0.05) is 0 Å². The molecule has 6 heteroatoms. The molecule has 4 rings (SSSR count). The Morgan fingerprint density at radius 1 is 1.04 bits per heavy atom. The van der Waals surface area contributed by atoms with Crippen molar-refractivity contribution < 1.29 is 13.6 Å². The Kier molecular flexibility index (Phi) is 4.63. The highest BCUT2D eigenvalue weighted by atomic mass is 19.2. The molecule has 3 fully saturated rings. The van der Waals surface area contributed by atoms with Crippen molar-refractivity contribution in [2.75, 3.05) is 44.7 Å². The maximum atomic E-state index is 13.5. The molecule has 3 heterocycles. The highest BCUT2D eigenvalue weighted by molar-refractivity contribution is 5.83. The molecule has 0 unspecified atom stereocenters. The average Bonchev–Trinajstić information content (AvgIpc) is 3.07. The lowest BCUT2D eigenvalue weighted by Crippen LogP contribution is -2.50. The summed E-state index contributed by atoms with van der Waals surface area (Å²) in [5.41, 5.74) is 0.592. The van der Waals surface area contributed by atoms with Crippen molar-refractivity contribution in [1.29, 1.82) is 0 Å². The van der Waals surface area contributed by atoms with Gasteiger partial charge in [0, 0.05) is 51.0 Å². The third-order valence-corrected chi connectivity index (χ3v) is 6.58. The van der Waals surface area contributed by atoms with Crippen LogP contribution in [0.3, 0.4) is 0 Å².